The topological polar surface area (TPSA) is 136 Å². The van der Waals surface area contributed by atoms with Crippen LogP contribution in [-0.4, -0.2) is 26.7 Å². The van der Waals surface area contributed by atoms with Crippen molar-refractivity contribution in [3.63, 3.8) is 0 Å². The lowest BCUT2D eigenvalue weighted by Crippen LogP contribution is -2.44. The monoisotopic (exact) mass is 392 g/mol. The van der Waals surface area contributed by atoms with Crippen molar-refractivity contribution in [2.24, 2.45) is 0 Å². The zero-order valence-electron chi connectivity index (χ0n) is 14.9. The third kappa shape index (κ3) is 2.74. The zero-order chi connectivity index (χ0) is 20.9. The van der Waals surface area contributed by atoms with Crippen LogP contribution in [0.3, 0.4) is 0 Å². The number of aryl methyl sites for hydroxylation is 1. The van der Waals surface area contributed by atoms with Gasteiger partial charge in [-0.2, -0.15) is 5.01 Å². The summed E-state index contributed by atoms with van der Waals surface area (Å²) >= 11 is 0. The maximum atomic E-state index is 13.0. The minimum absolute atomic E-state index is 0.0379. The summed E-state index contributed by atoms with van der Waals surface area (Å²) in [6, 6.07) is 11.5. The molecule has 0 bridgehead atoms. The number of nitro groups is 2. The molecule has 144 valence electrons. The Morgan fingerprint density at radius 3 is 1.86 bits per heavy atom. The van der Waals surface area contributed by atoms with E-state index in [0.29, 0.717) is 5.69 Å². The Bertz CT molecular complexity index is 1180. The predicted molar refractivity (Wildman–Crippen MR) is 103 cm³/mol. The van der Waals surface area contributed by atoms with Crippen molar-refractivity contribution in [1.82, 2.24) is 5.01 Å². The van der Waals surface area contributed by atoms with E-state index in [1.165, 1.54) is 12.1 Å². The normalized spacial score (nSPS) is 12.9. The van der Waals surface area contributed by atoms with Gasteiger partial charge in [-0.3, -0.25) is 35.2 Å². The molecular formula is C19H12N4O6. The van der Waals surface area contributed by atoms with E-state index in [0.717, 1.165) is 22.7 Å². The highest BCUT2D eigenvalue weighted by Gasteiger charge is 2.38. The van der Waals surface area contributed by atoms with Crippen molar-refractivity contribution >= 4 is 39.6 Å². The molecule has 3 aromatic rings. The summed E-state index contributed by atoms with van der Waals surface area (Å²) in [4.78, 5) is 47.2. The van der Waals surface area contributed by atoms with E-state index in [4.69, 9.17) is 0 Å². The number of rotatable bonds is 4. The lowest BCUT2D eigenvalue weighted by molar-refractivity contribution is -0.390. The Morgan fingerprint density at radius 2 is 1.38 bits per heavy atom. The molecule has 0 atom stereocenters. The van der Waals surface area contributed by atoms with Crippen molar-refractivity contribution in [2.75, 3.05) is 5.43 Å². The van der Waals surface area contributed by atoms with Gasteiger partial charge in [0, 0.05) is 17.5 Å². The van der Waals surface area contributed by atoms with E-state index in [9.17, 15) is 29.8 Å². The van der Waals surface area contributed by atoms with Crippen LogP contribution < -0.4 is 5.43 Å². The highest BCUT2D eigenvalue weighted by atomic mass is 16.6. The number of anilines is 1. The van der Waals surface area contributed by atoms with Gasteiger partial charge in [0.15, 0.2) is 0 Å². The molecule has 0 fully saturated rings. The van der Waals surface area contributed by atoms with Gasteiger partial charge in [-0.25, -0.2) is 0 Å². The summed E-state index contributed by atoms with van der Waals surface area (Å²) in [6.45, 7) is 1.85. The van der Waals surface area contributed by atoms with Gasteiger partial charge in [-0.05, 0) is 36.8 Å². The van der Waals surface area contributed by atoms with Gasteiger partial charge >= 0.3 is 0 Å². The molecule has 29 heavy (non-hydrogen) atoms. The number of nitro benzene ring substituents is 2. The van der Waals surface area contributed by atoms with Crippen molar-refractivity contribution in [2.45, 2.75) is 6.92 Å². The third-order valence-corrected chi connectivity index (χ3v) is 4.64. The van der Waals surface area contributed by atoms with Gasteiger partial charge in [-0.15, -0.1) is 0 Å². The zero-order valence-corrected chi connectivity index (χ0v) is 14.9. The molecule has 4 rings (SSSR count). The molecule has 1 aliphatic rings. The number of hydrogen-bond donors (Lipinski definition) is 1. The fraction of sp³-hybridized carbons (Fsp3) is 0.0526. The second kappa shape index (κ2) is 6.37. The number of imide groups is 1. The van der Waals surface area contributed by atoms with Crippen molar-refractivity contribution in [1.29, 1.82) is 0 Å². The van der Waals surface area contributed by atoms with Gasteiger partial charge in [0.1, 0.15) is 5.39 Å². The van der Waals surface area contributed by atoms with Crippen LogP contribution in [-0.2, 0) is 0 Å². The van der Waals surface area contributed by atoms with Crippen LogP contribution in [0.4, 0.5) is 17.1 Å². The number of benzene rings is 3. The summed E-state index contributed by atoms with van der Waals surface area (Å²) in [5.74, 6) is -1.52. The number of hydrazine groups is 1. The first-order chi connectivity index (χ1) is 13.8. The molecule has 0 unspecified atom stereocenters. The highest BCUT2D eigenvalue weighted by Crippen LogP contribution is 2.40. The van der Waals surface area contributed by atoms with Crippen LogP contribution in [0, 0.1) is 27.2 Å². The van der Waals surface area contributed by atoms with Crippen LogP contribution in [0.25, 0.3) is 10.8 Å². The van der Waals surface area contributed by atoms with Crippen LogP contribution >= 0.6 is 0 Å². The number of non-ortho nitro benzene ring substituents is 2. The SMILES string of the molecule is Cc1cccc(NN2C(=O)c3ccc([N+](=O)[O-])c4c([N+](=O)[O-])ccc(c34)C2=O)c1. The van der Waals surface area contributed by atoms with E-state index >= 15 is 0 Å². The molecule has 1 aliphatic heterocycles. The fourth-order valence-electron chi connectivity index (χ4n) is 3.40. The Balaban J connectivity index is 1.94. The summed E-state index contributed by atoms with van der Waals surface area (Å²) in [5.41, 5.74) is 2.98. The minimum atomic E-state index is -0.776. The second-order valence-corrected chi connectivity index (χ2v) is 6.46. The van der Waals surface area contributed by atoms with Gasteiger partial charge in [0.05, 0.1) is 26.7 Å². The quantitative estimate of drug-likeness (QED) is 0.407. The first-order valence-electron chi connectivity index (χ1n) is 8.40. The summed E-state index contributed by atoms with van der Waals surface area (Å²) in [7, 11) is 0. The Morgan fingerprint density at radius 1 is 0.828 bits per heavy atom. The van der Waals surface area contributed by atoms with Gasteiger partial charge in [0.25, 0.3) is 23.2 Å². The lowest BCUT2D eigenvalue weighted by Gasteiger charge is -2.27. The Labute approximate surface area is 162 Å². The predicted octanol–water partition coefficient (Wildman–Crippen LogP) is 3.59. The third-order valence-electron chi connectivity index (χ3n) is 4.64. The molecule has 0 saturated heterocycles. The van der Waals surface area contributed by atoms with E-state index < -0.39 is 33.0 Å². The van der Waals surface area contributed by atoms with E-state index in [1.807, 2.05) is 13.0 Å². The van der Waals surface area contributed by atoms with E-state index in [-0.39, 0.29) is 21.9 Å². The van der Waals surface area contributed by atoms with Gasteiger partial charge in [0.2, 0.25) is 0 Å². The summed E-state index contributed by atoms with van der Waals surface area (Å²) in [6.07, 6.45) is 0. The maximum absolute atomic E-state index is 13.0. The molecule has 10 nitrogen and oxygen atoms in total. The van der Waals surface area contributed by atoms with Crippen molar-refractivity contribution in [3.05, 3.63) is 85.4 Å². The van der Waals surface area contributed by atoms with Crippen molar-refractivity contribution in [3.8, 4) is 0 Å². The number of nitrogens with one attached hydrogen (secondary N) is 1. The Kier molecular flexibility index (Phi) is 3.97. The molecule has 0 spiro atoms. The molecule has 0 radical (unpaired) electrons. The molecule has 0 aliphatic carbocycles. The maximum Gasteiger partial charge on any atom is 0.284 e. The summed E-state index contributed by atoms with van der Waals surface area (Å²) in [5, 5.41) is 23.2. The van der Waals surface area contributed by atoms with E-state index in [2.05, 4.69) is 5.43 Å². The number of nitrogens with zero attached hydrogens (tertiary/aromatic N) is 3. The minimum Gasteiger partial charge on any atom is -0.288 e. The van der Waals surface area contributed by atoms with Crippen LogP contribution in [0.15, 0.2) is 48.5 Å². The lowest BCUT2D eigenvalue weighted by atomic mass is 9.92. The summed E-state index contributed by atoms with van der Waals surface area (Å²) < 4.78 is 0. The fourth-order valence-corrected chi connectivity index (χ4v) is 3.40. The molecule has 1 heterocycles. The average Bonchev–Trinajstić information content (AvgIpc) is 2.68. The molecule has 2 amide bonds. The number of amides is 2. The van der Waals surface area contributed by atoms with Crippen LogP contribution in [0.1, 0.15) is 26.3 Å². The Hall–Kier alpha value is -4.34. The first-order valence-corrected chi connectivity index (χ1v) is 8.40. The average molecular weight is 392 g/mol. The van der Waals surface area contributed by atoms with Crippen LogP contribution in [0.5, 0.6) is 0 Å². The second-order valence-electron chi connectivity index (χ2n) is 6.46. The van der Waals surface area contributed by atoms with Gasteiger partial charge in [-0.1, -0.05) is 12.1 Å². The van der Waals surface area contributed by atoms with Crippen molar-refractivity contribution < 1.29 is 19.4 Å². The number of carbonyl (C=O) groups excluding carboxylic acids is 2. The molecule has 0 saturated carbocycles. The number of hydrogen-bond acceptors (Lipinski definition) is 7. The molecule has 1 N–H and O–H groups in total. The van der Waals surface area contributed by atoms with Gasteiger partial charge < -0.3 is 0 Å². The standard InChI is InChI=1S/C19H12N4O6/c1-10-3-2-4-11(9-10)20-21-18(24)12-5-7-14(22(26)27)17-15(23(28)29)8-6-13(16(12)17)19(21)25/h2-9,20H,1H3. The molecule has 10 heteroatoms. The highest BCUT2D eigenvalue weighted by molar-refractivity contribution is 6.28. The van der Waals surface area contributed by atoms with Crippen LogP contribution in [0.2, 0.25) is 0 Å². The largest absolute Gasteiger partial charge is 0.288 e. The van der Waals surface area contributed by atoms with E-state index in [1.54, 1.807) is 18.2 Å². The molecular weight excluding hydrogens is 380 g/mol. The number of carbonyl (C=O) groups is 2. The molecule has 3 aromatic carbocycles. The smallest absolute Gasteiger partial charge is 0.284 e. The molecule has 0 aromatic heterocycles. The first kappa shape index (κ1) is 18.0.